The molecule has 0 fully saturated rings. The van der Waals surface area contributed by atoms with Crippen LogP contribution in [0.15, 0.2) is 36.0 Å². The number of hydrogen-bond acceptors (Lipinski definition) is 4. The standard InChI is InChI=1S/C16H18N4O/c1-3-20(4-2)16(21)15-7-5-13(6-8-15)11-19-12-14(9-17)10-18/h5-8,12,19H,3-4,11H2,1-2H3. The lowest BCUT2D eigenvalue weighted by atomic mass is 10.1. The van der Waals surface area contributed by atoms with Crippen LogP contribution in [0, 0.1) is 22.7 Å². The van der Waals surface area contributed by atoms with Crippen LogP contribution >= 0.6 is 0 Å². The number of carbonyl (C=O) groups excluding carboxylic acids is 1. The first-order valence-corrected chi connectivity index (χ1v) is 6.78. The van der Waals surface area contributed by atoms with E-state index in [0.29, 0.717) is 25.2 Å². The summed E-state index contributed by atoms with van der Waals surface area (Å²) in [5, 5.41) is 20.1. The molecule has 0 unspecified atom stereocenters. The van der Waals surface area contributed by atoms with Gasteiger partial charge in [-0.3, -0.25) is 4.79 Å². The maximum Gasteiger partial charge on any atom is 0.253 e. The number of carbonyl (C=O) groups is 1. The summed E-state index contributed by atoms with van der Waals surface area (Å²) < 4.78 is 0. The van der Waals surface area contributed by atoms with E-state index in [2.05, 4.69) is 5.32 Å². The van der Waals surface area contributed by atoms with Crippen LogP contribution in [0.3, 0.4) is 0 Å². The van der Waals surface area contributed by atoms with Crippen LogP contribution in [0.2, 0.25) is 0 Å². The van der Waals surface area contributed by atoms with Crippen molar-refractivity contribution in [2.24, 2.45) is 0 Å². The first-order valence-electron chi connectivity index (χ1n) is 6.78. The summed E-state index contributed by atoms with van der Waals surface area (Å²) in [7, 11) is 0. The minimum Gasteiger partial charge on any atom is -0.385 e. The van der Waals surface area contributed by atoms with Crippen molar-refractivity contribution in [3.63, 3.8) is 0 Å². The van der Waals surface area contributed by atoms with Crippen LogP contribution in [-0.2, 0) is 6.54 Å². The zero-order valence-corrected chi connectivity index (χ0v) is 12.3. The van der Waals surface area contributed by atoms with Gasteiger partial charge in [0.25, 0.3) is 5.91 Å². The summed E-state index contributed by atoms with van der Waals surface area (Å²) in [6.45, 7) is 5.78. The van der Waals surface area contributed by atoms with Gasteiger partial charge in [0.1, 0.15) is 17.7 Å². The van der Waals surface area contributed by atoms with Crippen LogP contribution in [0.5, 0.6) is 0 Å². The summed E-state index contributed by atoms with van der Waals surface area (Å²) in [4.78, 5) is 13.9. The highest BCUT2D eigenvalue weighted by atomic mass is 16.2. The molecule has 0 spiro atoms. The Bertz CT molecular complexity index is 570. The topological polar surface area (TPSA) is 79.9 Å². The van der Waals surface area contributed by atoms with Gasteiger partial charge in [-0.25, -0.2) is 0 Å². The van der Waals surface area contributed by atoms with E-state index in [1.165, 1.54) is 6.20 Å². The highest BCUT2D eigenvalue weighted by molar-refractivity contribution is 5.94. The fourth-order valence-electron chi connectivity index (χ4n) is 1.82. The van der Waals surface area contributed by atoms with Crippen molar-refractivity contribution in [1.29, 1.82) is 10.5 Å². The monoisotopic (exact) mass is 282 g/mol. The first kappa shape index (κ1) is 16.3. The summed E-state index contributed by atoms with van der Waals surface area (Å²) in [5.74, 6) is 0.0238. The molecule has 1 aromatic carbocycles. The molecule has 108 valence electrons. The van der Waals surface area contributed by atoms with Crippen molar-refractivity contribution in [2.45, 2.75) is 20.4 Å². The molecule has 0 radical (unpaired) electrons. The Balaban J connectivity index is 2.67. The predicted molar refractivity (Wildman–Crippen MR) is 79.8 cm³/mol. The normalized spacial score (nSPS) is 9.14. The van der Waals surface area contributed by atoms with E-state index in [1.54, 1.807) is 29.2 Å². The molecule has 1 N–H and O–H groups in total. The first-order chi connectivity index (χ1) is 10.2. The third-order valence-corrected chi connectivity index (χ3v) is 3.05. The zero-order valence-electron chi connectivity index (χ0n) is 12.3. The van der Waals surface area contributed by atoms with Gasteiger partial charge >= 0.3 is 0 Å². The number of nitriles is 2. The van der Waals surface area contributed by atoms with Gasteiger partial charge in [0.15, 0.2) is 0 Å². The summed E-state index contributed by atoms with van der Waals surface area (Å²) in [6.07, 6.45) is 1.38. The lowest BCUT2D eigenvalue weighted by molar-refractivity contribution is 0.0773. The number of nitrogens with zero attached hydrogens (tertiary/aromatic N) is 3. The van der Waals surface area contributed by atoms with Crippen LogP contribution in [0.1, 0.15) is 29.8 Å². The smallest absolute Gasteiger partial charge is 0.253 e. The Hall–Kier alpha value is -2.79. The molecule has 0 saturated carbocycles. The average Bonchev–Trinajstić information content (AvgIpc) is 2.53. The van der Waals surface area contributed by atoms with Crippen molar-refractivity contribution >= 4 is 5.91 Å². The van der Waals surface area contributed by atoms with Crippen molar-refractivity contribution in [2.75, 3.05) is 13.1 Å². The van der Waals surface area contributed by atoms with Crippen molar-refractivity contribution in [1.82, 2.24) is 10.2 Å². The van der Waals surface area contributed by atoms with Crippen LogP contribution < -0.4 is 5.32 Å². The van der Waals surface area contributed by atoms with E-state index < -0.39 is 0 Å². The maximum absolute atomic E-state index is 12.1. The summed E-state index contributed by atoms with van der Waals surface area (Å²) in [5.41, 5.74) is 1.66. The van der Waals surface area contributed by atoms with Gasteiger partial charge in [0, 0.05) is 31.4 Å². The quantitative estimate of drug-likeness (QED) is 0.811. The second-order valence-electron chi connectivity index (χ2n) is 4.34. The van der Waals surface area contributed by atoms with E-state index in [9.17, 15) is 4.79 Å². The second-order valence-corrected chi connectivity index (χ2v) is 4.34. The van der Waals surface area contributed by atoms with Gasteiger partial charge in [0.05, 0.1) is 0 Å². The van der Waals surface area contributed by atoms with Crippen molar-refractivity contribution in [3.05, 3.63) is 47.2 Å². The molecule has 0 heterocycles. The van der Waals surface area contributed by atoms with Gasteiger partial charge in [0.2, 0.25) is 0 Å². The highest BCUT2D eigenvalue weighted by Gasteiger charge is 2.11. The fraction of sp³-hybridized carbons (Fsp3) is 0.312. The van der Waals surface area contributed by atoms with Gasteiger partial charge in [-0.15, -0.1) is 0 Å². The van der Waals surface area contributed by atoms with Gasteiger partial charge < -0.3 is 10.2 Å². The van der Waals surface area contributed by atoms with E-state index >= 15 is 0 Å². The third kappa shape index (κ3) is 4.67. The molecule has 1 rings (SSSR count). The molecule has 0 bridgehead atoms. The zero-order chi connectivity index (χ0) is 15.7. The molecular weight excluding hydrogens is 264 g/mol. The molecule has 1 amide bonds. The molecule has 5 heteroatoms. The number of rotatable bonds is 6. The Labute approximate surface area is 125 Å². The summed E-state index contributed by atoms with van der Waals surface area (Å²) >= 11 is 0. The molecular formula is C16H18N4O. The largest absolute Gasteiger partial charge is 0.385 e. The highest BCUT2D eigenvalue weighted by Crippen LogP contribution is 2.08. The number of hydrogen-bond donors (Lipinski definition) is 1. The molecule has 1 aromatic rings. The summed E-state index contributed by atoms with van der Waals surface area (Å²) in [6, 6.07) is 10.8. The Morgan fingerprint density at radius 2 is 1.76 bits per heavy atom. The van der Waals surface area contributed by atoms with E-state index in [-0.39, 0.29) is 11.5 Å². The number of benzene rings is 1. The van der Waals surface area contributed by atoms with Gasteiger partial charge in [-0.1, -0.05) is 12.1 Å². The molecule has 0 aliphatic heterocycles. The number of amides is 1. The van der Waals surface area contributed by atoms with Crippen molar-refractivity contribution in [3.8, 4) is 12.1 Å². The molecule has 0 atom stereocenters. The van der Waals surface area contributed by atoms with Crippen LogP contribution in [0.25, 0.3) is 0 Å². The molecule has 5 nitrogen and oxygen atoms in total. The Kier molecular flexibility index (Phi) is 6.50. The second kappa shape index (κ2) is 8.39. The molecule has 0 saturated heterocycles. The Morgan fingerprint density at radius 1 is 1.19 bits per heavy atom. The average molecular weight is 282 g/mol. The van der Waals surface area contributed by atoms with Crippen LogP contribution in [0.4, 0.5) is 0 Å². The number of nitrogens with one attached hydrogen (secondary N) is 1. The third-order valence-electron chi connectivity index (χ3n) is 3.05. The molecule has 21 heavy (non-hydrogen) atoms. The minimum absolute atomic E-state index is 0.0238. The Morgan fingerprint density at radius 3 is 2.24 bits per heavy atom. The minimum atomic E-state index is 0.0238. The van der Waals surface area contributed by atoms with Crippen LogP contribution in [-0.4, -0.2) is 23.9 Å². The van der Waals surface area contributed by atoms with Gasteiger partial charge in [-0.05, 0) is 31.5 Å². The predicted octanol–water partition coefficient (Wildman–Crippen LogP) is 2.19. The lowest BCUT2D eigenvalue weighted by Crippen LogP contribution is -2.30. The fourth-order valence-corrected chi connectivity index (χ4v) is 1.82. The SMILES string of the molecule is CCN(CC)C(=O)c1ccc(CNC=C(C#N)C#N)cc1. The molecule has 0 aliphatic rings. The van der Waals surface area contributed by atoms with E-state index in [1.807, 2.05) is 26.0 Å². The molecule has 0 aliphatic carbocycles. The van der Waals surface area contributed by atoms with E-state index in [4.69, 9.17) is 10.5 Å². The molecule has 0 aromatic heterocycles. The van der Waals surface area contributed by atoms with Crippen molar-refractivity contribution < 1.29 is 4.79 Å². The van der Waals surface area contributed by atoms with Gasteiger partial charge in [-0.2, -0.15) is 10.5 Å². The lowest BCUT2D eigenvalue weighted by Gasteiger charge is -2.18. The number of allylic oxidation sites excluding steroid dienone is 1. The van der Waals surface area contributed by atoms with E-state index in [0.717, 1.165) is 5.56 Å². The maximum atomic E-state index is 12.1.